The van der Waals surface area contributed by atoms with Crippen molar-refractivity contribution in [1.29, 1.82) is 0 Å². The van der Waals surface area contributed by atoms with Gasteiger partial charge in [0.25, 0.3) is 0 Å². The smallest absolute Gasteiger partial charge is 0.345 e. The lowest BCUT2D eigenvalue weighted by molar-refractivity contribution is -0.169. The van der Waals surface area contributed by atoms with Gasteiger partial charge in [0.1, 0.15) is 34.0 Å². The van der Waals surface area contributed by atoms with E-state index in [1.165, 1.54) is 53.8 Å². The van der Waals surface area contributed by atoms with Crippen molar-refractivity contribution in [2.75, 3.05) is 6.61 Å². The maximum Gasteiger partial charge on any atom is 0.345 e. The largest absolute Gasteiger partial charge is 0.462 e. The first kappa shape index (κ1) is 31.7. The van der Waals surface area contributed by atoms with Crippen LogP contribution in [0.3, 0.4) is 0 Å². The second-order valence-corrected chi connectivity index (χ2v) is 11.9. The number of pyridine rings is 1. The van der Waals surface area contributed by atoms with Crippen LogP contribution in [0.1, 0.15) is 82.9 Å². The number of aromatic nitrogens is 1. The van der Waals surface area contributed by atoms with Gasteiger partial charge in [0, 0.05) is 12.3 Å². The number of rotatable bonds is 7. The van der Waals surface area contributed by atoms with Gasteiger partial charge in [-0.3, -0.25) is 23.6 Å². The lowest BCUT2D eigenvalue weighted by Crippen LogP contribution is -2.36. The van der Waals surface area contributed by atoms with Gasteiger partial charge < -0.3 is 18.9 Å². The number of thiazole rings is 1. The number of benzene rings is 1. The van der Waals surface area contributed by atoms with E-state index < -0.39 is 86.7 Å². The van der Waals surface area contributed by atoms with Crippen LogP contribution in [0.4, 0.5) is 8.78 Å². The lowest BCUT2D eigenvalue weighted by Gasteiger charge is -2.27. The van der Waals surface area contributed by atoms with Crippen LogP contribution in [0.2, 0.25) is 0 Å². The van der Waals surface area contributed by atoms with Crippen LogP contribution < -0.4 is 5.43 Å². The number of halogens is 2. The number of fused-ring (bicyclic) bond motifs is 3. The van der Waals surface area contributed by atoms with E-state index in [0.29, 0.717) is 6.07 Å². The zero-order valence-corrected chi connectivity index (χ0v) is 24.7. The molecule has 222 valence electrons. The van der Waals surface area contributed by atoms with Gasteiger partial charge in [0.2, 0.25) is 5.43 Å². The fraction of sp³-hybridized carbons (Fsp3) is 0.464. The summed E-state index contributed by atoms with van der Waals surface area (Å²) in [6.07, 6.45) is 0. The summed E-state index contributed by atoms with van der Waals surface area (Å²) in [4.78, 5) is 64.1. The Labute approximate surface area is 238 Å². The number of carbonyl (C=O) groups excluding carboxylic acids is 4. The van der Waals surface area contributed by atoms with Crippen molar-refractivity contribution < 1.29 is 46.9 Å². The second kappa shape index (κ2) is 11.6. The monoisotopic (exact) mass is 595 g/mol. The molecule has 0 fully saturated rings. The third-order valence-electron chi connectivity index (χ3n) is 5.41. The number of carbonyl (C=O) groups is 4. The molecule has 0 radical (unpaired) electrons. The molecule has 1 aromatic carbocycles. The average molecular weight is 596 g/mol. The topological polar surface area (TPSA) is 127 Å². The quantitative estimate of drug-likeness (QED) is 0.215. The highest BCUT2D eigenvalue weighted by Gasteiger charge is 2.41. The predicted octanol–water partition coefficient (Wildman–Crippen LogP) is 4.80. The van der Waals surface area contributed by atoms with Crippen molar-refractivity contribution >= 4 is 50.9 Å². The summed E-state index contributed by atoms with van der Waals surface area (Å²) in [5, 5.41) is 0.848. The number of ether oxygens (including phenoxy) is 4. The Morgan fingerprint density at radius 3 is 2.02 bits per heavy atom. The van der Waals surface area contributed by atoms with E-state index >= 15 is 8.78 Å². The molecule has 0 saturated carbocycles. The van der Waals surface area contributed by atoms with E-state index in [4.69, 9.17) is 18.9 Å². The minimum atomic E-state index is -2.20. The Morgan fingerprint density at radius 2 is 1.54 bits per heavy atom. The van der Waals surface area contributed by atoms with Crippen molar-refractivity contribution in [2.24, 2.45) is 0 Å². The van der Waals surface area contributed by atoms with Crippen LogP contribution in [-0.2, 0) is 39.9 Å². The summed E-state index contributed by atoms with van der Waals surface area (Å²) in [7, 11) is 0. The molecule has 0 N–H and O–H groups in total. The molecule has 0 atom stereocenters. The van der Waals surface area contributed by atoms with E-state index in [1.54, 1.807) is 0 Å². The van der Waals surface area contributed by atoms with Crippen LogP contribution in [0, 0.1) is 11.6 Å². The van der Waals surface area contributed by atoms with Crippen LogP contribution in [0.5, 0.6) is 0 Å². The van der Waals surface area contributed by atoms with Gasteiger partial charge in [-0.15, -0.1) is 11.3 Å². The number of hydrogen-bond donors (Lipinski definition) is 0. The predicted molar refractivity (Wildman–Crippen MR) is 145 cm³/mol. The molecule has 10 nitrogen and oxygen atoms in total. The summed E-state index contributed by atoms with van der Waals surface area (Å²) >= 11 is 0.858. The number of hydrogen-bond acceptors (Lipinski definition) is 10. The minimum absolute atomic E-state index is 0.0781. The van der Waals surface area contributed by atoms with Crippen molar-refractivity contribution in [3.05, 3.63) is 50.1 Å². The summed E-state index contributed by atoms with van der Waals surface area (Å²) in [5.74, 6) is -9.30. The summed E-state index contributed by atoms with van der Waals surface area (Å²) in [6.45, 7) is 11.3. The molecule has 0 aliphatic rings. The molecule has 0 unspecified atom stereocenters. The van der Waals surface area contributed by atoms with Crippen molar-refractivity contribution in [2.45, 2.75) is 79.1 Å². The normalized spacial score (nSPS) is 12.1. The molecule has 41 heavy (non-hydrogen) atoms. The molecular formula is C28H31F2NO9S. The van der Waals surface area contributed by atoms with Gasteiger partial charge >= 0.3 is 23.9 Å². The zero-order chi connectivity index (χ0) is 31.0. The maximum absolute atomic E-state index is 16.6. The first-order valence-electron chi connectivity index (χ1n) is 12.6. The Kier molecular flexibility index (Phi) is 8.92. The molecule has 0 spiro atoms. The Morgan fingerprint density at radius 1 is 0.976 bits per heavy atom. The van der Waals surface area contributed by atoms with Gasteiger partial charge in [-0.05, 0) is 54.5 Å². The average Bonchev–Trinajstić information content (AvgIpc) is 3.21. The Bertz CT molecular complexity index is 1580. The lowest BCUT2D eigenvalue weighted by atomic mass is 9.94. The standard InChI is InChI=1S/C28H31F2NO9S/c1-9-37-24(34)19-22(33)15-10-16(29)17(18(25(35)39-27(3,4)5)26(36)40-28(6,7)8)20(30)21(15)31-14(11-38-13(2)32)12-41-23(19)31/h10,12,18H,9,11H2,1-8H3. The summed E-state index contributed by atoms with van der Waals surface area (Å²) < 4.78 is 54.2. The number of esters is 4. The molecule has 0 saturated heterocycles. The SMILES string of the molecule is CCOC(=O)c1c(=O)c2cc(F)c(C(C(=O)OC(C)(C)C)C(=O)OC(C)(C)C)c(F)c2n2c(COC(C)=O)csc12. The summed E-state index contributed by atoms with van der Waals surface area (Å²) in [6, 6.07) is 0.639. The van der Waals surface area contributed by atoms with E-state index in [-0.39, 0.29) is 17.1 Å². The highest BCUT2D eigenvalue weighted by atomic mass is 32.1. The van der Waals surface area contributed by atoms with Gasteiger partial charge in [-0.1, -0.05) is 0 Å². The molecule has 0 bridgehead atoms. The first-order valence-corrected chi connectivity index (χ1v) is 13.5. The molecule has 0 amide bonds. The van der Waals surface area contributed by atoms with Crippen LogP contribution in [0.15, 0.2) is 16.2 Å². The Hall–Kier alpha value is -3.87. The van der Waals surface area contributed by atoms with Crippen molar-refractivity contribution in [3.8, 4) is 0 Å². The van der Waals surface area contributed by atoms with E-state index in [2.05, 4.69) is 0 Å². The minimum Gasteiger partial charge on any atom is -0.462 e. The summed E-state index contributed by atoms with van der Waals surface area (Å²) in [5.41, 5.74) is -5.22. The second-order valence-electron chi connectivity index (χ2n) is 11.1. The van der Waals surface area contributed by atoms with Gasteiger partial charge in [0.05, 0.1) is 28.8 Å². The molecule has 3 rings (SSSR count). The fourth-order valence-electron chi connectivity index (χ4n) is 4.00. The molecule has 3 aromatic rings. The maximum atomic E-state index is 16.6. The first-order chi connectivity index (χ1) is 18.9. The van der Waals surface area contributed by atoms with Crippen LogP contribution >= 0.6 is 11.3 Å². The molecule has 2 heterocycles. The van der Waals surface area contributed by atoms with Crippen LogP contribution in [-0.4, -0.2) is 46.1 Å². The van der Waals surface area contributed by atoms with E-state index in [1.807, 2.05) is 0 Å². The zero-order valence-electron chi connectivity index (χ0n) is 23.9. The highest BCUT2D eigenvalue weighted by Crippen LogP contribution is 2.35. The van der Waals surface area contributed by atoms with Crippen LogP contribution in [0.25, 0.3) is 15.7 Å². The van der Waals surface area contributed by atoms with E-state index in [0.717, 1.165) is 22.7 Å². The third kappa shape index (κ3) is 6.72. The van der Waals surface area contributed by atoms with Gasteiger partial charge in [-0.25, -0.2) is 13.6 Å². The highest BCUT2D eigenvalue weighted by molar-refractivity contribution is 7.16. The molecule has 2 aromatic heterocycles. The van der Waals surface area contributed by atoms with Gasteiger partial charge in [-0.2, -0.15) is 0 Å². The Balaban J connectivity index is 2.48. The third-order valence-corrected chi connectivity index (χ3v) is 6.41. The van der Waals surface area contributed by atoms with Crippen molar-refractivity contribution in [1.82, 2.24) is 4.40 Å². The molecule has 0 aliphatic heterocycles. The molecular weight excluding hydrogens is 564 g/mol. The molecule has 13 heteroatoms. The van der Waals surface area contributed by atoms with Crippen molar-refractivity contribution in [3.63, 3.8) is 0 Å². The number of nitrogens with zero attached hydrogens (tertiary/aromatic N) is 1. The van der Waals surface area contributed by atoms with Gasteiger partial charge in [0.15, 0.2) is 11.7 Å². The molecule has 0 aliphatic carbocycles. The van der Waals surface area contributed by atoms with E-state index in [9.17, 15) is 24.0 Å². The fourth-order valence-corrected chi connectivity index (χ4v) is 5.03.